The van der Waals surface area contributed by atoms with E-state index in [9.17, 15) is 10.0 Å². The van der Waals surface area contributed by atoms with Crippen molar-refractivity contribution in [2.75, 3.05) is 11.7 Å². The average Bonchev–Trinajstić information content (AvgIpc) is 2.12. The minimum absolute atomic E-state index is 0.166. The summed E-state index contributed by atoms with van der Waals surface area (Å²) in [6.07, 6.45) is 0. The molecule has 1 aromatic carbocycles. The molecule has 1 aliphatic heterocycles. The number of carbonyl (C=O) groups is 1. The number of hydroxylamine groups is 1. The lowest BCUT2D eigenvalue weighted by Crippen LogP contribution is -2.33. The standard InChI is InChI=1S/C8H6NO3/c10-8-5-12-7-4-2-1-3-6(7)9(8)11/h1-4H,5H2/q-1. The highest BCUT2D eigenvalue weighted by Crippen LogP contribution is 2.30. The van der Waals surface area contributed by atoms with Gasteiger partial charge in [0, 0.05) is 0 Å². The van der Waals surface area contributed by atoms with Gasteiger partial charge in [-0.05, 0) is 12.1 Å². The van der Waals surface area contributed by atoms with E-state index in [2.05, 4.69) is 0 Å². The summed E-state index contributed by atoms with van der Waals surface area (Å²) in [5, 5.41) is 11.5. The lowest BCUT2D eigenvalue weighted by Gasteiger charge is -2.33. The molecule has 4 nitrogen and oxygen atoms in total. The predicted molar refractivity (Wildman–Crippen MR) is 42.8 cm³/mol. The van der Waals surface area contributed by atoms with Crippen molar-refractivity contribution in [2.45, 2.75) is 0 Å². The molecule has 0 N–H and O–H groups in total. The van der Waals surface area contributed by atoms with Gasteiger partial charge in [0.15, 0.2) is 6.61 Å². The highest BCUT2D eigenvalue weighted by Gasteiger charge is 2.17. The Bertz CT molecular complexity index is 324. The number of hydrogen-bond acceptors (Lipinski definition) is 3. The number of anilines is 1. The average molecular weight is 164 g/mol. The van der Waals surface area contributed by atoms with E-state index < -0.39 is 5.91 Å². The summed E-state index contributed by atoms with van der Waals surface area (Å²) in [6, 6.07) is 6.65. The number of ether oxygens (including phenoxy) is 1. The van der Waals surface area contributed by atoms with Gasteiger partial charge < -0.3 is 15.0 Å². The Hall–Kier alpha value is -1.55. The van der Waals surface area contributed by atoms with Crippen molar-refractivity contribution in [2.24, 2.45) is 0 Å². The van der Waals surface area contributed by atoms with Crippen LogP contribution >= 0.6 is 0 Å². The van der Waals surface area contributed by atoms with Crippen molar-refractivity contribution in [3.63, 3.8) is 0 Å². The quantitative estimate of drug-likeness (QED) is 0.572. The molecule has 2 rings (SSSR count). The predicted octanol–water partition coefficient (Wildman–Crippen LogP) is 0.910. The largest absolute Gasteiger partial charge is 0.752 e. The molecule has 0 aliphatic carbocycles. The second-order valence-electron chi connectivity index (χ2n) is 2.44. The lowest BCUT2D eigenvalue weighted by molar-refractivity contribution is -0.120. The van der Waals surface area contributed by atoms with Crippen LogP contribution in [0.15, 0.2) is 24.3 Å². The Morgan fingerprint density at radius 3 is 3.00 bits per heavy atom. The molecule has 0 aromatic heterocycles. The fourth-order valence-electron chi connectivity index (χ4n) is 1.08. The molecule has 12 heavy (non-hydrogen) atoms. The van der Waals surface area contributed by atoms with Crippen molar-refractivity contribution >= 4 is 11.6 Å². The smallest absolute Gasteiger partial charge is 0.254 e. The van der Waals surface area contributed by atoms with E-state index in [1.807, 2.05) is 0 Å². The zero-order valence-electron chi connectivity index (χ0n) is 6.19. The second kappa shape index (κ2) is 2.49. The van der Waals surface area contributed by atoms with Crippen LogP contribution < -0.4 is 9.80 Å². The van der Waals surface area contributed by atoms with Crippen LogP contribution in [0, 0.1) is 5.21 Å². The topological polar surface area (TPSA) is 52.6 Å². The van der Waals surface area contributed by atoms with Crippen molar-refractivity contribution < 1.29 is 9.53 Å². The molecule has 0 unspecified atom stereocenters. The van der Waals surface area contributed by atoms with Crippen LogP contribution in [0.1, 0.15) is 0 Å². The van der Waals surface area contributed by atoms with Gasteiger partial charge in [-0.25, -0.2) is 0 Å². The van der Waals surface area contributed by atoms with E-state index in [-0.39, 0.29) is 12.3 Å². The van der Waals surface area contributed by atoms with Crippen molar-refractivity contribution in [3.05, 3.63) is 29.5 Å². The first kappa shape index (κ1) is 7.12. The normalized spacial score (nSPS) is 15.4. The number of nitrogens with zero attached hydrogens (tertiary/aromatic N) is 1. The number of fused-ring (bicyclic) bond motifs is 1. The Morgan fingerprint density at radius 2 is 2.17 bits per heavy atom. The highest BCUT2D eigenvalue weighted by atomic mass is 16.5. The maximum Gasteiger partial charge on any atom is 0.254 e. The van der Waals surface area contributed by atoms with E-state index in [0.717, 1.165) is 0 Å². The van der Waals surface area contributed by atoms with Crippen LogP contribution in [-0.4, -0.2) is 12.5 Å². The number of hydrogen-bond donors (Lipinski definition) is 0. The minimum Gasteiger partial charge on any atom is -0.752 e. The molecule has 1 heterocycles. The summed E-state index contributed by atoms with van der Waals surface area (Å²) in [6.45, 7) is -0.166. The van der Waals surface area contributed by atoms with Gasteiger partial charge in [-0.15, -0.1) is 0 Å². The first-order valence-corrected chi connectivity index (χ1v) is 3.51. The highest BCUT2D eigenvalue weighted by molar-refractivity contribution is 5.98. The minimum atomic E-state index is -0.561. The van der Waals surface area contributed by atoms with Crippen LogP contribution in [0.5, 0.6) is 5.75 Å². The van der Waals surface area contributed by atoms with Gasteiger partial charge >= 0.3 is 0 Å². The van der Waals surface area contributed by atoms with Crippen molar-refractivity contribution in [1.82, 2.24) is 0 Å². The van der Waals surface area contributed by atoms with Gasteiger partial charge in [0.05, 0.1) is 5.69 Å². The summed E-state index contributed by atoms with van der Waals surface area (Å²) in [7, 11) is 0. The lowest BCUT2D eigenvalue weighted by atomic mass is 10.2. The number of rotatable bonds is 0. The first-order chi connectivity index (χ1) is 5.79. The number of para-hydroxylation sites is 2. The SMILES string of the molecule is O=C1COc2ccccc2N1[O-]. The van der Waals surface area contributed by atoms with Crippen molar-refractivity contribution in [1.29, 1.82) is 0 Å². The molecular formula is C8H6NO3-. The zero-order chi connectivity index (χ0) is 8.55. The molecule has 1 amide bonds. The van der Waals surface area contributed by atoms with E-state index in [4.69, 9.17) is 4.74 Å². The first-order valence-electron chi connectivity index (χ1n) is 3.51. The Balaban J connectivity index is 2.48. The number of benzene rings is 1. The molecule has 0 radical (unpaired) electrons. The monoisotopic (exact) mass is 164 g/mol. The molecule has 4 heteroatoms. The molecule has 0 fully saturated rings. The second-order valence-corrected chi connectivity index (χ2v) is 2.44. The molecule has 1 aliphatic rings. The fraction of sp³-hybridized carbons (Fsp3) is 0.125. The molecule has 0 spiro atoms. The Morgan fingerprint density at radius 1 is 1.42 bits per heavy atom. The van der Waals surface area contributed by atoms with E-state index >= 15 is 0 Å². The Labute approximate surface area is 68.9 Å². The van der Waals surface area contributed by atoms with Gasteiger partial charge in [-0.2, -0.15) is 0 Å². The van der Waals surface area contributed by atoms with Gasteiger partial charge in [0.25, 0.3) is 5.91 Å². The zero-order valence-corrected chi connectivity index (χ0v) is 6.19. The third-order valence-electron chi connectivity index (χ3n) is 1.66. The summed E-state index contributed by atoms with van der Waals surface area (Å²) in [5.74, 6) is -0.0965. The summed E-state index contributed by atoms with van der Waals surface area (Å²) < 4.78 is 5.01. The van der Waals surface area contributed by atoms with Crippen LogP contribution in [0.4, 0.5) is 5.69 Å². The van der Waals surface area contributed by atoms with Crippen LogP contribution in [0.25, 0.3) is 0 Å². The Kier molecular flexibility index (Phi) is 1.48. The molecule has 62 valence electrons. The van der Waals surface area contributed by atoms with E-state index in [1.165, 1.54) is 0 Å². The van der Waals surface area contributed by atoms with Crippen LogP contribution in [0.3, 0.4) is 0 Å². The van der Waals surface area contributed by atoms with Gasteiger partial charge in [-0.3, -0.25) is 4.79 Å². The summed E-state index contributed by atoms with van der Waals surface area (Å²) >= 11 is 0. The fourth-order valence-corrected chi connectivity index (χ4v) is 1.08. The van der Waals surface area contributed by atoms with Gasteiger partial charge in [0.1, 0.15) is 5.75 Å². The summed E-state index contributed by atoms with van der Waals surface area (Å²) in [4.78, 5) is 10.8. The molecule has 1 aromatic rings. The maximum absolute atomic E-state index is 11.1. The molecule has 0 saturated heterocycles. The molecule has 0 saturated carbocycles. The third kappa shape index (κ3) is 0.931. The van der Waals surface area contributed by atoms with E-state index in [0.29, 0.717) is 10.8 Å². The molecule has 0 bridgehead atoms. The summed E-state index contributed by atoms with van der Waals surface area (Å²) in [5.41, 5.74) is 0.286. The number of carbonyl (C=O) groups excluding carboxylic acids is 1. The molecule has 0 atom stereocenters. The van der Waals surface area contributed by atoms with E-state index in [1.54, 1.807) is 24.3 Å². The van der Waals surface area contributed by atoms with Crippen LogP contribution in [-0.2, 0) is 4.79 Å². The molecular weight excluding hydrogens is 158 g/mol. The maximum atomic E-state index is 11.1. The van der Waals surface area contributed by atoms with Crippen molar-refractivity contribution in [3.8, 4) is 5.75 Å². The van der Waals surface area contributed by atoms with Gasteiger partial charge in [0.2, 0.25) is 0 Å². The third-order valence-corrected chi connectivity index (χ3v) is 1.66. The van der Waals surface area contributed by atoms with Gasteiger partial charge in [-0.1, -0.05) is 12.1 Å². The van der Waals surface area contributed by atoms with Crippen LogP contribution in [0.2, 0.25) is 0 Å². The number of amides is 1.